The first-order valence-electron chi connectivity index (χ1n) is 11.4. The van der Waals surface area contributed by atoms with Crippen LogP contribution in [0.15, 0.2) is 30.3 Å². The number of carbonyl (C=O) groups excluding carboxylic acids is 2. The van der Waals surface area contributed by atoms with Gasteiger partial charge in [0.25, 0.3) is 0 Å². The molecule has 0 aliphatic heterocycles. The summed E-state index contributed by atoms with van der Waals surface area (Å²) >= 11 is 0. The second kappa shape index (κ2) is 9.05. The van der Waals surface area contributed by atoms with Crippen molar-refractivity contribution in [2.75, 3.05) is 11.9 Å². The Balaban J connectivity index is 1.84. The van der Waals surface area contributed by atoms with Crippen LogP contribution in [0, 0.1) is 13.8 Å². The SMILES string of the molecule is Cc1cc(-c2[nH]c3ccc(NC(=O)CNC(=O)OC(C)(C)C)cc3c2C)cc(C(C)(C)C)c1O. The number of hydrogen-bond acceptors (Lipinski definition) is 4. The Kier molecular flexibility index (Phi) is 6.69. The Labute approximate surface area is 200 Å². The van der Waals surface area contributed by atoms with E-state index in [0.29, 0.717) is 11.4 Å². The lowest BCUT2D eigenvalue weighted by molar-refractivity contribution is -0.115. The lowest BCUT2D eigenvalue weighted by Crippen LogP contribution is -2.37. The van der Waals surface area contributed by atoms with E-state index in [1.807, 2.05) is 44.2 Å². The number of alkyl carbamates (subject to hydrolysis) is 1. The smallest absolute Gasteiger partial charge is 0.408 e. The molecule has 0 spiro atoms. The summed E-state index contributed by atoms with van der Waals surface area (Å²) in [5.74, 6) is -0.0161. The van der Waals surface area contributed by atoms with Gasteiger partial charge in [0.05, 0.1) is 0 Å². The number of phenolic OH excluding ortho intramolecular Hbond substituents is 1. The maximum Gasteiger partial charge on any atom is 0.408 e. The van der Waals surface area contributed by atoms with E-state index in [1.54, 1.807) is 20.8 Å². The van der Waals surface area contributed by atoms with Crippen molar-refractivity contribution < 1.29 is 19.4 Å². The predicted molar refractivity (Wildman–Crippen MR) is 136 cm³/mol. The summed E-state index contributed by atoms with van der Waals surface area (Å²) in [4.78, 5) is 27.6. The standard InChI is InChI=1S/C27H35N3O4/c1-15-11-17(12-20(24(15)32)26(3,4)5)23-16(2)19-13-18(9-10-21(19)30-23)29-22(31)14-28-25(33)34-27(6,7)8/h9-13,30,32H,14H2,1-8H3,(H,28,33)(H,29,31). The number of benzene rings is 2. The molecule has 7 heteroatoms. The van der Waals surface area contributed by atoms with Crippen LogP contribution < -0.4 is 10.6 Å². The molecule has 182 valence electrons. The van der Waals surface area contributed by atoms with Crippen LogP contribution in [-0.2, 0) is 14.9 Å². The van der Waals surface area contributed by atoms with Gasteiger partial charge in [0.1, 0.15) is 17.9 Å². The monoisotopic (exact) mass is 465 g/mol. The molecule has 1 heterocycles. The normalized spacial score (nSPS) is 12.0. The maximum absolute atomic E-state index is 12.3. The lowest BCUT2D eigenvalue weighted by Gasteiger charge is -2.22. The summed E-state index contributed by atoms with van der Waals surface area (Å²) in [6.45, 7) is 15.3. The molecule has 0 fully saturated rings. The fourth-order valence-corrected chi connectivity index (χ4v) is 3.86. The molecule has 0 radical (unpaired) electrons. The summed E-state index contributed by atoms with van der Waals surface area (Å²) in [6, 6.07) is 9.66. The van der Waals surface area contributed by atoms with Crippen molar-refractivity contribution in [2.45, 2.75) is 66.4 Å². The topological polar surface area (TPSA) is 103 Å². The number of rotatable bonds is 4. The third-order valence-corrected chi connectivity index (χ3v) is 5.53. The number of fused-ring (bicyclic) bond motifs is 1. The number of carbonyl (C=O) groups is 2. The number of aromatic nitrogens is 1. The van der Waals surface area contributed by atoms with Crippen LogP contribution in [0.1, 0.15) is 58.2 Å². The quantitative estimate of drug-likeness (QED) is 0.384. The van der Waals surface area contributed by atoms with Gasteiger partial charge in [0.2, 0.25) is 5.91 Å². The zero-order valence-corrected chi connectivity index (χ0v) is 21.3. The second-order valence-corrected chi connectivity index (χ2v) is 10.7. The Morgan fingerprint density at radius 3 is 2.32 bits per heavy atom. The fraction of sp³-hybridized carbons (Fsp3) is 0.407. The minimum atomic E-state index is -0.636. The third kappa shape index (κ3) is 5.71. The van der Waals surface area contributed by atoms with Gasteiger partial charge in [0.15, 0.2) is 0 Å². The number of hydrogen-bond donors (Lipinski definition) is 4. The molecule has 0 atom stereocenters. The Hall–Kier alpha value is -3.48. The molecule has 0 unspecified atom stereocenters. The molecule has 1 aromatic heterocycles. The first kappa shape index (κ1) is 25.1. The molecular weight excluding hydrogens is 430 g/mol. The second-order valence-electron chi connectivity index (χ2n) is 10.7. The molecular formula is C27H35N3O4. The van der Waals surface area contributed by atoms with Crippen molar-refractivity contribution in [3.05, 3.63) is 47.0 Å². The number of nitrogens with one attached hydrogen (secondary N) is 3. The Bertz CT molecular complexity index is 1240. The van der Waals surface area contributed by atoms with Gasteiger partial charge in [0, 0.05) is 27.8 Å². The largest absolute Gasteiger partial charge is 0.507 e. The number of H-pyrrole nitrogens is 1. The van der Waals surface area contributed by atoms with E-state index in [2.05, 4.69) is 36.4 Å². The first-order chi connectivity index (χ1) is 15.7. The average Bonchev–Trinajstić information content (AvgIpc) is 3.02. The first-order valence-corrected chi connectivity index (χ1v) is 11.4. The molecule has 3 aromatic rings. The molecule has 0 saturated carbocycles. The van der Waals surface area contributed by atoms with E-state index in [4.69, 9.17) is 4.74 Å². The average molecular weight is 466 g/mol. The van der Waals surface area contributed by atoms with E-state index >= 15 is 0 Å². The fourth-order valence-electron chi connectivity index (χ4n) is 3.86. The van der Waals surface area contributed by atoms with E-state index in [1.165, 1.54) is 0 Å². The van der Waals surface area contributed by atoms with Crippen molar-refractivity contribution in [2.24, 2.45) is 0 Å². The van der Waals surface area contributed by atoms with Crippen molar-refractivity contribution in [1.82, 2.24) is 10.3 Å². The minimum Gasteiger partial charge on any atom is -0.507 e. The highest BCUT2D eigenvalue weighted by Gasteiger charge is 2.22. The van der Waals surface area contributed by atoms with Gasteiger partial charge in [-0.15, -0.1) is 0 Å². The lowest BCUT2D eigenvalue weighted by atomic mass is 9.83. The number of aromatic amines is 1. The molecule has 0 saturated heterocycles. The summed E-state index contributed by atoms with van der Waals surface area (Å²) in [6.07, 6.45) is -0.636. The molecule has 0 aliphatic carbocycles. The number of phenols is 1. The van der Waals surface area contributed by atoms with Gasteiger partial charge in [-0.25, -0.2) is 4.79 Å². The summed E-state index contributed by atoms with van der Waals surface area (Å²) in [7, 11) is 0. The zero-order valence-electron chi connectivity index (χ0n) is 21.3. The number of amides is 2. The van der Waals surface area contributed by atoms with Crippen LogP contribution in [0.5, 0.6) is 5.75 Å². The molecule has 2 aromatic carbocycles. The van der Waals surface area contributed by atoms with Gasteiger partial charge < -0.3 is 25.5 Å². The van der Waals surface area contributed by atoms with Crippen LogP contribution in [0.25, 0.3) is 22.2 Å². The molecule has 0 bridgehead atoms. The van der Waals surface area contributed by atoms with E-state index in [9.17, 15) is 14.7 Å². The van der Waals surface area contributed by atoms with Crippen molar-refractivity contribution in [3.8, 4) is 17.0 Å². The highest BCUT2D eigenvalue weighted by atomic mass is 16.6. The highest BCUT2D eigenvalue weighted by Crippen LogP contribution is 2.39. The van der Waals surface area contributed by atoms with Crippen LogP contribution >= 0.6 is 0 Å². The van der Waals surface area contributed by atoms with E-state index < -0.39 is 11.7 Å². The van der Waals surface area contributed by atoms with Crippen LogP contribution in [0.4, 0.5) is 10.5 Å². The number of aryl methyl sites for hydroxylation is 2. The van der Waals surface area contributed by atoms with Gasteiger partial charge in [-0.1, -0.05) is 20.8 Å². The molecule has 2 amide bonds. The maximum atomic E-state index is 12.3. The Morgan fingerprint density at radius 1 is 1.03 bits per heavy atom. The van der Waals surface area contributed by atoms with Crippen LogP contribution in [0.3, 0.4) is 0 Å². The molecule has 7 nitrogen and oxygen atoms in total. The van der Waals surface area contributed by atoms with Gasteiger partial charge in [-0.3, -0.25) is 4.79 Å². The summed E-state index contributed by atoms with van der Waals surface area (Å²) in [5, 5.41) is 16.8. The van der Waals surface area contributed by atoms with Crippen molar-refractivity contribution in [3.63, 3.8) is 0 Å². The third-order valence-electron chi connectivity index (χ3n) is 5.53. The van der Waals surface area contributed by atoms with Crippen molar-refractivity contribution >= 4 is 28.6 Å². The number of anilines is 1. The van der Waals surface area contributed by atoms with Gasteiger partial charge in [-0.2, -0.15) is 0 Å². The Morgan fingerprint density at radius 2 is 1.71 bits per heavy atom. The van der Waals surface area contributed by atoms with Gasteiger partial charge in [-0.05, 0) is 87.1 Å². The van der Waals surface area contributed by atoms with Crippen LogP contribution in [0.2, 0.25) is 0 Å². The van der Waals surface area contributed by atoms with E-state index in [0.717, 1.165) is 38.9 Å². The van der Waals surface area contributed by atoms with Crippen molar-refractivity contribution in [1.29, 1.82) is 0 Å². The minimum absolute atomic E-state index is 0.188. The molecule has 3 rings (SSSR count). The predicted octanol–water partition coefficient (Wildman–Crippen LogP) is 5.92. The molecule has 4 N–H and O–H groups in total. The zero-order chi connectivity index (χ0) is 25.4. The highest BCUT2D eigenvalue weighted by molar-refractivity contribution is 5.98. The van der Waals surface area contributed by atoms with Crippen LogP contribution in [-0.4, -0.2) is 34.2 Å². The molecule has 0 aliphatic rings. The number of aromatic hydroxyl groups is 1. The van der Waals surface area contributed by atoms with E-state index in [-0.39, 0.29) is 17.9 Å². The number of ether oxygens (including phenoxy) is 1. The molecule has 34 heavy (non-hydrogen) atoms. The summed E-state index contributed by atoms with van der Waals surface area (Å²) in [5.41, 5.74) is 5.49. The summed E-state index contributed by atoms with van der Waals surface area (Å²) < 4.78 is 5.15. The van der Waals surface area contributed by atoms with Gasteiger partial charge >= 0.3 is 6.09 Å².